The van der Waals surface area contributed by atoms with Crippen LogP contribution in [0, 0.1) is 0 Å². The molecule has 148 valence electrons. The van der Waals surface area contributed by atoms with Crippen molar-refractivity contribution in [3.63, 3.8) is 0 Å². The molecule has 2 aromatic rings. The third kappa shape index (κ3) is 4.54. The number of carbonyl (C=O) groups is 2. The number of rotatable bonds is 5. The van der Waals surface area contributed by atoms with Crippen LogP contribution in [-0.2, 0) is 4.79 Å². The molecule has 1 aromatic carbocycles. The van der Waals surface area contributed by atoms with Gasteiger partial charge in [0.2, 0.25) is 5.91 Å². The lowest BCUT2D eigenvalue weighted by Crippen LogP contribution is -2.54. The van der Waals surface area contributed by atoms with Gasteiger partial charge in [0.1, 0.15) is 17.6 Å². The second kappa shape index (κ2) is 8.93. The largest absolute Gasteiger partial charge is 0.497 e. The number of methoxy groups -OCH3 is 1. The fraction of sp³-hybridized carbons (Fsp3) is 0.350. The van der Waals surface area contributed by atoms with Crippen molar-refractivity contribution in [3.8, 4) is 5.75 Å². The van der Waals surface area contributed by atoms with Crippen LogP contribution in [-0.4, -0.2) is 61.0 Å². The molecule has 0 spiro atoms. The van der Waals surface area contributed by atoms with Gasteiger partial charge in [-0.25, -0.2) is 4.98 Å². The summed E-state index contributed by atoms with van der Waals surface area (Å²) in [6.45, 7) is 4.13. The van der Waals surface area contributed by atoms with Gasteiger partial charge in [0.25, 0.3) is 5.91 Å². The summed E-state index contributed by atoms with van der Waals surface area (Å²) in [7, 11) is 1.62. The highest BCUT2D eigenvalue weighted by Crippen LogP contribution is 2.19. The first-order valence-electron chi connectivity index (χ1n) is 9.08. The highest BCUT2D eigenvalue weighted by molar-refractivity contribution is 6.33. The number of ether oxygens (including phenoxy) is 1. The fourth-order valence-electron chi connectivity index (χ4n) is 3.11. The molecule has 1 unspecified atom stereocenters. The van der Waals surface area contributed by atoms with E-state index in [0.29, 0.717) is 36.8 Å². The number of piperazine rings is 1. The van der Waals surface area contributed by atoms with Crippen LogP contribution >= 0.6 is 11.6 Å². The molecule has 0 aliphatic carbocycles. The van der Waals surface area contributed by atoms with Gasteiger partial charge in [-0.2, -0.15) is 0 Å². The predicted molar refractivity (Wildman–Crippen MR) is 108 cm³/mol. The molecule has 1 fully saturated rings. The Hall–Kier alpha value is -2.80. The van der Waals surface area contributed by atoms with E-state index >= 15 is 0 Å². The second-order valence-corrected chi connectivity index (χ2v) is 6.95. The van der Waals surface area contributed by atoms with Crippen LogP contribution in [0.3, 0.4) is 0 Å². The molecule has 3 rings (SSSR count). The summed E-state index contributed by atoms with van der Waals surface area (Å²) >= 11 is 6.05. The van der Waals surface area contributed by atoms with Crippen LogP contribution in [0.25, 0.3) is 0 Å². The minimum absolute atomic E-state index is 0.112. The summed E-state index contributed by atoms with van der Waals surface area (Å²) in [5.41, 5.74) is 0.359. The van der Waals surface area contributed by atoms with Gasteiger partial charge in [0, 0.05) is 38.4 Å². The molecule has 8 heteroatoms. The van der Waals surface area contributed by atoms with E-state index in [4.69, 9.17) is 16.3 Å². The number of carbonyl (C=O) groups excluding carboxylic acids is 2. The molecule has 1 saturated heterocycles. The van der Waals surface area contributed by atoms with Gasteiger partial charge in [0.05, 0.1) is 17.7 Å². The summed E-state index contributed by atoms with van der Waals surface area (Å²) in [5.74, 6) is 1.11. The molecule has 2 amide bonds. The number of aromatic nitrogens is 1. The normalized spacial score (nSPS) is 15.1. The monoisotopic (exact) mass is 402 g/mol. The topological polar surface area (TPSA) is 74.8 Å². The van der Waals surface area contributed by atoms with E-state index in [1.807, 2.05) is 6.07 Å². The first-order chi connectivity index (χ1) is 13.5. The van der Waals surface area contributed by atoms with Gasteiger partial charge in [-0.3, -0.25) is 9.59 Å². The molecular formula is C20H23ClN4O3. The lowest BCUT2D eigenvalue weighted by Gasteiger charge is -2.36. The zero-order chi connectivity index (χ0) is 20.1. The number of amides is 2. The first kappa shape index (κ1) is 19.9. The van der Waals surface area contributed by atoms with Gasteiger partial charge >= 0.3 is 0 Å². The molecule has 1 aliphatic heterocycles. The molecule has 0 bridgehead atoms. The Bertz CT molecular complexity index is 853. The van der Waals surface area contributed by atoms with E-state index < -0.39 is 6.04 Å². The van der Waals surface area contributed by atoms with Crippen LogP contribution in [0.15, 0.2) is 42.6 Å². The van der Waals surface area contributed by atoms with Gasteiger partial charge in [-0.15, -0.1) is 0 Å². The van der Waals surface area contributed by atoms with Gasteiger partial charge in [0.15, 0.2) is 0 Å². The van der Waals surface area contributed by atoms with Crippen LogP contribution in [0.1, 0.15) is 17.3 Å². The van der Waals surface area contributed by atoms with Crippen molar-refractivity contribution in [1.82, 2.24) is 15.2 Å². The lowest BCUT2D eigenvalue weighted by atomic mass is 10.2. The smallest absolute Gasteiger partial charge is 0.253 e. The highest BCUT2D eigenvalue weighted by atomic mass is 35.5. The Morgan fingerprint density at radius 3 is 2.57 bits per heavy atom. The maximum absolute atomic E-state index is 12.7. The van der Waals surface area contributed by atoms with E-state index in [9.17, 15) is 9.59 Å². The van der Waals surface area contributed by atoms with Gasteiger partial charge < -0.3 is 19.9 Å². The van der Waals surface area contributed by atoms with E-state index in [-0.39, 0.29) is 11.8 Å². The third-order valence-corrected chi connectivity index (χ3v) is 5.03. The Morgan fingerprint density at radius 2 is 1.89 bits per heavy atom. The van der Waals surface area contributed by atoms with Crippen molar-refractivity contribution >= 4 is 29.2 Å². The number of nitrogens with one attached hydrogen (secondary N) is 1. The lowest BCUT2D eigenvalue weighted by molar-refractivity contribution is -0.133. The van der Waals surface area contributed by atoms with E-state index in [1.54, 1.807) is 55.5 Å². The molecule has 7 nitrogen and oxygen atoms in total. The third-order valence-electron chi connectivity index (χ3n) is 4.70. The number of hydrogen-bond donors (Lipinski definition) is 1. The van der Waals surface area contributed by atoms with E-state index in [1.165, 1.54) is 0 Å². The fourth-order valence-corrected chi connectivity index (χ4v) is 3.33. The number of anilines is 1. The van der Waals surface area contributed by atoms with Crippen molar-refractivity contribution in [2.45, 2.75) is 13.0 Å². The molecule has 1 N–H and O–H groups in total. The number of hydrogen-bond acceptors (Lipinski definition) is 5. The maximum Gasteiger partial charge on any atom is 0.253 e. The van der Waals surface area contributed by atoms with Crippen LogP contribution < -0.4 is 15.0 Å². The molecule has 1 aromatic heterocycles. The maximum atomic E-state index is 12.7. The van der Waals surface area contributed by atoms with E-state index in [2.05, 4.69) is 15.2 Å². The predicted octanol–water partition coefficient (Wildman–Crippen LogP) is 2.21. The quantitative estimate of drug-likeness (QED) is 0.830. The number of pyridine rings is 1. The molecule has 2 heterocycles. The number of nitrogens with zero attached hydrogens (tertiary/aromatic N) is 3. The minimum atomic E-state index is -0.634. The van der Waals surface area contributed by atoms with Crippen LogP contribution in [0.5, 0.6) is 5.75 Å². The molecule has 1 atom stereocenters. The minimum Gasteiger partial charge on any atom is -0.497 e. The van der Waals surface area contributed by atoms with Crippen LogP contribution in [0.2, 0.25) is 5.02 Å². The first-order valence-corrected chi connectivity index (χ1v) is 9.46. The van der Waals surface area contributed by atoms with Gasteiger partial charge in [-0.1, -0.05) is 23.7 Å². The van der Waals surface area contributed by atoms with Crippen molar-refractivity contribution in [1.29, 1.82) is 0 Å². The van der Waals surface area contributed by atoms with Crippen molar-refractivity contribution < 1.29 is 14.3 Å². The summed E-state index contributed by atoms with van der Waals surface area (Å²) in [6, 6.07) is 9.81. The molecule has 0 saturated carbocycles. The summed E-state index contributed by atoms with van der Waals surface area (Å²) < 4.78 is 5.24. The number of halogens is 1. The average molecular weight is 403 g/mol. The van der Waals surface area contributed by atoms with Crippen LogP contribution in [0.4, 0.5) is 5.82 Å². The molecule has 0 radical (unpaired) electrons. The standard InChI is InChI=1S/C20H23ClN4O3/c1-14(23-19(26)16-5-3-4-6-17(16)21)20(27)25-11-9-24(10-12-25)18-13-15(28-2)7-8-22-18/h3-8,13-14H,9-12H2,1-2H3,(H,23,26). The Kier molecular flexibility index (Phi) is 6.36. The Balaban J connectivity index is 1.55. The summed E-state index contributed by atoms with van der Waals surface area (Å²) in [5, 5.41) is 3.10. The zero-order valence-electron chi connectivity index (χ0n) is 15.9. The van der Waals surface area contributed by atoms with E-state index in [0.717, 1.165) is 11.6 Å². The van der Waals surface area contributed by atoms with Gasteiger partial charge in [-0.05, 0) is 25.1 Å². The van der Waals surface area contributed by atoms with Crippen molar-refractivity contribution in [2.75, 3.05) is 38.2 Å². The molecular weight excluding hydrogens is 380 g/mol. The average Bonchev–Trinajstić information content (AvgIpc) is 2.73. The summed E-state index contributed by atoms with van der Waals surface area (Å²) in [4.78, 5) is 33.3. The Morgan fingerprint density at radius 1 is 1.18 bits per heavy atom. The second-order valence-electron chi connectivity index (χ2n) is 6.54. The van der Waals surface area contributed by atoms with Crippen molar-refractivity contribution in [3.05, 3.63) is 53.2 Å². The summed E-state index contributed by atoms with van der Waals surface area (Å²) in [6.07, 6.45) is 1.71. The zero-order valence-corrected chi connectivity index (χ0v) is 16.6. The molecule has 28 heavy (non-hydrogen) atoms. The number of benzene rings is 1. The Labute approximate surface area is 169 Å². The van der Waals surface area contributed by atoms with Crippen molar-refractivity contribution in [2.24, 2.45) is 0 Å². The molecule has 1 aliphatic rings. The SMILES string of the molecule is COc1ccnc(N2CCN(C(=O)C(C)NC(=O)c3ccccc3Cl)CC2)c1. The highest BCUT2D eigenvalue weighted by Gasteiger charge is 2.27.